The molecule has 1 atom stereocenters. The molecule has 104 valence electrons. The average Bonchev–Trinajstić information content (AvgIpc) is 3.00. The molecule has 1 fully saturated rings. The fourth-order valence-corrected chi connectivity index (χ4v) is 3.21. The van der Waals surface area contributed by atoms with Crippen LogP contribution in [0.4, 0.5) is 5.13 Å². The molecule has 0 spiro atoms. The Morgan fingerprint density at radius 3 is 3.00 bits per heavy atom. The van der Waals surface area contributed by atoms with E-state index in [1.165, 1.54) is 16.2 Å². The Hall–Kier alpha value is -2.15. The predicted octanol–water partition coefficient (Wildman–Crippen LogP) is 1.74. The first kappa shape index (κ1) is 12.9. The number of nitrogens with zero attached hydrogens (tertiary/aromatic N) is 2. The smallest absolute Gasteiger partial charge is 0.308 e. The van der Waals surface area contributed by atoms with Crippen molar-refractivity contribution in [3.05, 3.63) is 18.2 Å². The molecular weight excluding hydrogens is 280 g/mol. The van der Waals surface area contributed by atoms with E-state index in [4.69, 9.17) is 9.84 Å². The lowest BCUT2D eigenvalue weighted by Crippen LogP contribution is -2.25. The predicted molar refractivity (Wildman–Crippen MR) is 74.3 cm³/mol. The summed E-state index contributed by atoms with van der Waals surface area (Å²) in [5.74, 6) is -1.06. The Kier molecular flexibility index (Phi) is 3.06. The lowest BCUT2D eigenvalue weighted by Gasteiger charge is -2.10. The van der Waals surface area contributed by atoms with E-state index in [0.29, 0.717) is 5.13 Å². The molecule has 0 bridgehead atoms. The highest BCUT2D eigenvalue weighted by Crippen LogP contribution is 2.34. The van der Waals surface area contributed by atoms with E-state index in [0.717, 1.165) is 16.0 Å². The molecular formula is C13H12N2O4S. The standard InChI is InChI=1S/C13H12N2O4S/c1-19-8-2-3-9-10(5-8)20-13(14-9)15-6-7(12(17)18)4-11(15)16/h2-3,5,7H,4,6H2,1H3,(H,17,18)/t7-/m0/s1. The highest BCUT2D eigenvalue weighted by Gasteiger charge is 2.36. The molecule has 1 saturated heterocycles. The quantitative estimate of drug-likeness (QED) is 0.932. The summed E-state index contributed by atoms with van der Waals surface area (Å²) in [6.07, 6.45) is 0.0363. The SMILES string of the molecule is COc1ccc2nc(N3C[C@@H](C(=O)O)CC3=O)sc2c1. The fourth-order valence-electron chi connectivity index (χ4n) is 2.19. The Morgan fingerprint density at radius 2 is 2.35 bits per heavy atom. The molecule has 1 aromatic heterocycles. The van der Waals surface area contributed by atoms with Crippen molar-refractivity contribution in [3.63, 3.8) is 0 Å². The van der Waals surface area contributed by atoms with E-state index in [1.54, 1.807) is 13.2 Å². The van der Waals surface area contributed by atoms with Crippen LogP contribution >= 0.6 is 11.3 Å². The van der Waals surface area contributed by atoms with Gasteiger partial charge < -0.3 is 9.84 Å². The Balaban J connectivity index is 1.94. The van der Waals surface area contributed by atoms with Gasteiger partial charge in [0.2, 0.25) is 5.91 Å². The summed E-state index contributed by atoms with van der Waals surface area (Å²) in [5, 5.41) is 9.53. The van der Waals surface area contributed by atoms with Crippen molar-refractivity contribution in [1.29, 1.82) is 0 Å². The summed E-state index contributed by atoms with van der Waals surface area (Å²) >= 11 is 1.36. The number of rotatable bonds is 3. The largest absolute Gasteiger partial charge is 0.497 e. The summed E-state index contributed by atoms with van der Waals surface area (Å²) in [5.41, 5.74) is 0.775. The first-order valence-electron chi connectivity index (χ1n) is 6.06. The first-order valence-corrected chi connectivity index (χ1v) is 6.88. The number of carbonyl (C=O) groups is 2. The zero-order chi connectivity index (χ0) is 14.3. The highest BCUT2D eigenvalue weighted by molar-refractivity contribution is 7.22. The van der Waals surface area contributed by atoms with Gasteiger partial charge in [0.25, 0.3) is 0 Å². The van der Waals surface area contributed by atoms with Crippen molar-refractivity contribution >= 4 is 38.6 Å². The number of methoxy groups -OCH3 is 1. The third-order valence-corrected chi connectivity index (χ3v) is 4.33. The lowest BCUT2D eigenvalue weighted by molar-refractivity contribution is -0.141. The van der Waals surface area contributed by atoms with Gasteiger partial charge in [0.15, 0.2) is 5.13 Å². The minimum atomic E-state index is -0.941. The van der Waals surface area contributed by atoms with Crippen LogP contribution in [0.1, 0.15) is 6.42 Å². The number of carboxylic acid groups (broad SMARTS) is 1. The molecule has 0 radical (unpaired) electrons. The summed E-state index contributed by atoms with van der Waals surface area (Å²) in [4.78, 5) is 28.7. The normalized spacial score (nSPS) is 18.8. The lowest BCUT2D eigenvalue weighted by atomic mass is 10.1. The zero-order valence-electron chi connectivity index (χ0n) is 10.7. The van der Waals surface area contributed by atoms with E-state index in [-0.39, 0.29) is 18.9 Å². The van der Waals surface area contributed by atoms with Gasteiger partial charge in [0, 0.05) is 13.0 Å². The van der Waals surface area contributed by atoms with Gasteiger partial charge in [-0.2, -0.15) is 0 Å². The maximum atomic E-state index is 11.9. The van der Waals surface area contributed by atoms with Gasteiger partial charge in [-0.3, -0.25) is 14.5 Å². The molecule has 1 N–H and O–H groups in total. The molecule has 1 aliphatic heterocycles. The summed E-state index contributed by atoms with van der Waals surface area (Å²) in [7, 11) is 1.59. The van der Waals surface area contributed by atoms with Crippen LogP contribution in [0.2, 0.25) is 0 Å². The second-order valence-electron chi connectivity index (χ2n) is 4.57. The summed E-state index contributed by atoms with van der Waals surface area (Å²) in [6, 6.07) is 5.48. The zero-order valence-corrected chi connectivity index (χ0v) is 11.5. The van der Waals surface area contributed by atoms with E-state index in [2.05, 4.69) is 4.98 Å². The number of carboxylic acids is 1. The Labute approximate surface area is 118 Å². The number of benzene rings is 1. The third-order valence-electron chi connectivity index (χ3n) is 3.29. The number of hydrogen-bond donors (Lipinski definition) is 1. The van der Waals surface area contributed by atoms with E-state index >= 15 is 0 Å². The van der Waals surface area contributed by atoms with Crippen LogP contribution in [-0.4, -0.2) is 35.6 Å². The molecule has 0 saturated carbocycles. The maximum absolute atomic E-state index is 11.9. The van der Waals surface area contributed by atoms with E-state index < -0.39 is 11.9 Å². The van der Waals surface area contributed by atoms with Crippen molar-refractivity contribution in [1.82, 2.24) is 4.98 Å². The minimum absolute atomic E-state index is 0.0363. The number of thiazole rings is 1. The molecule has 20 heavy (non-hydrogen) atoms. The van der Waals surface area contributed by atoms with Gasteiger partial charge in [-0.05, 0) is 18.2 Å². The molecule has 0 unspecified atom stereocenters. The molecule has 1 aliphatic rings. The monoisotopic (exact) mass is 292 g/mol. The fraction of sp³-hybridized carbons (Fsp3) is 0.308. The molecule has 7 heteroatoms. The number of aromatic nitrogens is 1. The first-order chi connectivity index (χ1) is 9.58. The van der Waals surface area contributed by atoms with Gasteiger partial charge in [-0.1, -0.05) is 11.3 Å². The number of aliphatic carboxylic acids is 1. The number of fused-ring (bicyclic) bond motifs is 1. The second-order valence-corrected chi connectivity index (χ2v) is 5.58. The third kappa shape index (κ3) is 2.09. The van der Waals surface area contributed by atoms with Crippen LogP contribution in [0.3, 0.4) is 0 Å². The highest BCUT2D eigenvalue weighted by atomic mass is 32.1. The average molecular weight is 292 g/mol. The maximum Gasteiger partial charge on any atom is 0.308 e. The van der Waals surface area contributed by atoms with Gasteiger partial charge in [-0.15, -0.1) is 0 Å². The molecule has 2 aromatic rings. The van der Waals surface area contributed by atoms with E-state index in [9.17, 15) is 9.59 Å². The van der Waals surface area contributed by atoms with Crippen molar-refractivity contribution in [3.8, 4) is 5.75 Å². The molecule has 0 aliphatic carbocycles. The molecule has 1 aromatic carbocycles. The summed E-state index contributed by atoms with van der Waals surface area (Å²) in [6.45, 7) is 0.186. The van der Waals surface area contributed by atoms with Crippen molar-refractivity contribution in [2.45, 2.75) is 6.42 Å². The number of amides is 1. The Morgan fingerprint density at radius 1 is 1.55 bits per heavy atom. The molecule has 2 heterocycles. The van der Waals surface area contributed by atoms with Crippen LogP contribution in [0.25, 0.3) is 10.2 Å². The van der Waals surface area contributed by atoms with Crippen LogP contribution in [0.15, 0.2) is 18.2 Å². The number of hydrogen-bond acceptors (Lipinski definition) is 5. The van der Waals surface area contributed by atoms with Crippen molar-refractivity contribution < 1.29 is 19.4 Å². The number of carbonyl (C=O) groups excluding carboxylic acids is 1. The molecule has 1 amide bonds. The minimum Gasteiger partial charge on any atom is -0.497 e. The van der Waals surface area contributed by atoms with Gasteiger partial charge in [0.05, 0.1) is 23.2 Å². The Bertz CT molecular complexity index is 697. The van der Waals surface area contributed by atoms with Crippen LogP contribution in [0.5, 0.6) is 5.75 Å². The topological polar surface area (TPSA) is 79.7 Å². The van der Waals surface area contributed by atoms with Gasteiger partial charge >= 0.3 is 5.97 Å². The van der Waals surface area contributed by atoms with Crippen LogP contribution < -0.4 is 9.64 Å². The number of ether oxygens (including phenoxy) is 1. The van der Waals surface area contributed by atoms with Gasteiger partial charge in [-0.25, -0.2) is 4.98 Å². The van der Waals surface area contributed by atoms with Gasteiger partial charge in [0.1, 0.15) is 5.75 Å². The van der Waals surface area contributed by atoms with Crippen molar-refractivity contribution in [2.75, 3.05) is 18.6 Å². The van der Waals surface area contributed by atoms with Crippen LogP contribution in [0, 0.1) is 5.92 Å². The summed E-state index contributed by atoms with van der Waals surface area (Å²) < 4.78 is 6.06. The molecule has 6 nitrogen and oxygen atoms in total. The molecule has 3 rings (SSSR count). The second kappa shape index (κ2) is 4.75. The van der Waals surface area contributed by atoms with E-state index in [1.807, 2.05) is 12.1 Å². The number of anilines is 1. The van der Waals surface area contributed by atoms with Crippen molar-refractivity contribution in [2.24, 2.45) is 5.92 Å². The van der Waals surface area contributed by atoms with Crippen LogP contribution in [-0.2, 0) is 9.59 Å².